The van der Waals surface area contributed by atoms with Crippen molar-refractivity contribution in [1.29, 1.82) is 5.26 Å². The molecule has 0 unspecified atom stereocenters. The van der Waals surface area contributed by atoms with E-state index in [-0.39, 0.29) is 35.8 Å². The second-order valence-electron chi connectivity index (χ2n) is 14.6. The molecule has 7 rings (SSSR count). The number of hydrogen-bond acceptors (Lipinski definition) is 11. The Labute approximate surface area is 358 Å². The number of Topliss-reactive ketones (excluding diaryl/α,β-unsaturated/α-hetero) is 1. The summed E-state index contributed by atoms with van der Waals surface area (Å²) in [6.45, 7) is 9.38. The number of allylic oxidation sites excluding steroid dienone is 2. The fraction of sp³-hybridized carbons (Fsp3) is 0.318. The van der Waals surface area contributed by atoms with Crippen molar-refractivity contribution in [3.63, 3.8) is 0 Å². The maximum atomic E-state index is 13.3. The number of fused-ring (bicyclic) bond motifs is 4. The molecule has 16 heteroatoms. The Morgan fingerprint density at radius 2 is 1.75 bits per heavy atom. The van der Waals surface area contributed by atoms with Crippen LogP contribution in [0.25, 0.3) is 10.6 Å². The summed E-state index contributed by atoms with van der Waals surface area (Å²) in [5, 5.41) is 22.7. The van der Waals surface area contributed by atoms with Crippen LogP contribution in [0.4, 0.5) is 5.69 Å². The third-order valence-electron chi connectivity index (χ3n) is 10.5. The van der Waals surface area contributed by atoms with Gasteiger partial charge in [0, 0.05) is 58.1 Å². The zero-order chi connectivity index (χ0) is 42.6. The summed E-state index contributed by atoms with van der Waals surface area (Å²) in [6, 6.07) is 18.5. The first-order valence-electron chi connectivity index (χ1n) is 19.5. The lowest BCUT2D eigenvalue weighted by Crippen LogP contribution is -2.28. The summed E-state index contributed by atoms with van der Waals surface area (Å²) in [7, 11) is -4.02. The number of nitrogens with one attached hydrogen (secondary N) is 2. The number of hydrogen-bond donors (Lipinski definition) is 2. The number of sulfonamides is 1. The zero-order valence-electron chi connectivity index (χ0n) is 33.7. The maximum Gasteiger partial charge on any atom is 0.261 e. The fourth-order valence-electron chi connectivity index (χ4n) is 7.35. The SMILES string of the molecule is Cc1ccc(NS(=O)(=O)c2cccc(C(=O)NCCOCCOCCCC(=O)C[C@@H]3N=C(c4ccc(Cl)cc4)c4c(sc(C)c4C)-n4c(C)nnc43)c2)c2c1C(C#N)=CC2. The minimum absolute atomic E-state index is 0.0432. The Hall–Kier alpha value is -5.50. The minimum Gasteiger partial charge on any atom is -0.379 e. The second-order valence-corrected chi connectivity index (χ2v) is 17.9. The number of ether oxygens (including phenoxy) is 2. The molecule has 1 amide bonds. The van der Waals surface area contributed by atoms with E-state index < -0.39 is 22.0 Å². The number of aryl methyl sites for hydroxylation is 3. The van der Waals surface area contributed by atoms with Gasteiger partial charge in [0.05, 0.1) is 47.8 Å². The summed E-state index contributed by atoms with van der Waals surface area (Å²) in [6.07, 6.45) is 3.25. The molecule has 1 aliphatic carbocycles. The Morgan fingerprint density at radius 3 is 2.52 bits per heavy atom. The largest absolute Gasteiger partial charge is 0.379 e. The monoisotopic (exact) mass is 865 g/mol. The number of carbonyl (C=O) groups is 2. The van der Waals surface area contributed by atoms with Gasteiger partial charge in [0.25, 0.3) is 15.9 Å². The molecule has 0 spiro atoms. The molecule has 2 N–H and O–H groups in total. The third kappa shape index (κ3) is 9.13. The molecule has 0 saturated carbocycles. The van der Waals surface area contributed by atoms with Crippen molar-refractivity contribution < 1.29 is 27.5 Å². The topological polar surface area (TPSA) is 178 Å². The number of aromatic nitrogens is 3. The molecule has 0 saturated heterocycles. The van der Waals surface area contributed by atoms with Gasteiger partial charge in [-0.05, 0) is 93.6 Å². The second kappa shape index (κ2) is 18.4. The quantitative estimate of drug-likeness (QED) is 0.0893. The van der Waals surface area contributed by atoms with Crippen LogP contribution < -0.4 is 10.0 Å². The van der Waals surface area contributed by atoms with E-state index in [0.717, 1.165) is 49.9 Å². The average molecular weight is 866 g/mol. The molecule has 0 radical (unpaired) electrons. The molecule has 1 atom stereocenters. The molecule has 1 aliphatic heterocycles. The van der Waals surface area contributed by atoms with E-state index in [1.54, 1.807) is 29.5 Å². The molecule has 0 bridgehead atoms. The highest BCUT2D eigenvalue weighted by Crippen LogP contribution is 2.40. The van der Waals surface area contributed by atoms with Crippen LogP contribution >= 0.6 is 22.9 Å². The van der Waals surface area contributed by atoms with E-state index in [1.807, 2.05) is 42.7 Å². The predicted octanol–water partition coefficient (Wildman–Crippen LogP) is 7.57. The van der Waals surface area contributed by atoms with Crippen LogP contribution in [-0.4, -0.2) is 73.6 Å². The molecule has 13 nitrogen and oxygen atoms in total. The maximum absolute atomic E-state index is 13.3. The van der Waals surface area contributed by atoms with Crippen LogP contribution in [-0.2, 0) is 30.7 Å². The number of nitriles is 1. The first-order valence-corrected chi connectivity index (χ1v) is 22.2. The number of carbonyl (C=O) groups excluding carboxylic acids is 2. The molecule has 3 aromatic carbocycles. The van der Waals surface area contributed by atoms with Gasteiger partial charge in [0.2, 0.25) is 0 Å². The number of benzene rings is 3. The van der Waals surface area contributed by atoms with Crippen LogP contribution in [0, 0.1) is 39.0 Å². The van der Waals surface area contributed by atoms with E-state index >= 15 is 0 Å². The normalized spacial score (nSPS) is 14.3. The Morgan fingerprint density at radius 1 is 0.983 bits per heavy atom. The van der Waals surface area contributed by atoms with E-state index in [0.29, 0.717) is 61.2 Å². The van der Waals surface area contributed by atoms with Gasteiger partial charge in [-0.15, -0.1) is 21.5 Å². The molecule has 2 aromatic heterocycles. The van der Waals surface area contributed by atoms with Crippen LogP contribution in [0.2, 0.25) is 5.02 Å². The minimum atomic E-state index is -4.02. The van der Waals surface area contributed by atoms with Crippen molar-refractivity contribution in [3.05, 3.63) is 127 Å². The van der Waals surface area contributed by atoms with E-state index in [9.17, 15) is 23.3 Å². The summed E-state index contributed by atoms with van der Waals surface area (Å²) < 4.78 is 42.7. The molecule has 60 heavy (non-hydrogen) atoms. The van der Waals surface area contributed by atoms with Crippen molar-refractivity contribution in [2.24, 2.45) is 4.99 Å². The molecular weight excluding hydrogens is 822 g/mol. The van der Waals surface area contributed by atoms with Crippen LogP contribution in [0.3, 0.4) is 0 Å². The smallest absolute Gasteiger partial charge is 0.261 e. The number of halogens is 1. The standard InChI is InChI=1S/C44H44ClN7O6S2/c1-26-10-17-37(36-16-13-32(25-46)39(26)36)51-60(55,56)35-9-5-7-31(23-35)43(54)47-18-20-58-22-21-57-19-6-8-34(53)24-38-42-50-49-29(4)52(42)44-40(27(2)28(3)59-44)41(48-38)30-11-14-33(45)15-12-30/h5,7,9-15,17,23,38,51H,6,8,16,18-22,24H2,1-4H3,(H,47,54)/t38-/m0/s1. The molecular formula is C44H44ClN7O6S2. The van der Waals surface area contributed by atoms with Gasteiger partial charge in [-0.25, -0.2) is 8.42 Å². The van der Waals surface area contributed by atoms with Gasteiger partial charge < -0.3 is 14.8 Å². The van der Waals surface area contributed by atoms with Gasteiger partial charge in [0.15, 0.2) is 5.82 Å². The number of aliphatic imine (C=N–C) groups is 1. The summed E-state index contributed by atoms with van der Waals surface area (Å²) in [5.74, 6) is 0.978. The first-order chi connectivity index (χ1) is 28.9. The number of amides is 1. The molecule has 0 fully saturated rings. The lowest BCUT2D eigenvalue weighted by molar-refractivity contribution is -0.119. The molecule has 3 heterocycles. The fourth-order valence-corrected chi connectivity index (χ4v) is 9.82. The summed E-state index contributed by atoms with van der Waals surface area (Å²) in [5.41, 5.74) is 7.36. The van der Waals surface area contributed by atoms with Crippen LogP contribution in [0.1, 0.15) is 85.6 Å². The lowest BCUT2D eigenvalue weighted by atomic mass is 9.99. The van der Waals surface area contributed by atoms with Crippen LogP contribution in [0.5, 0.6) is 0 Å². The van der Waals surface area contributed by atoms with Gasteiger partial charge in [0.1, 0.15) is 22.7 Å². The Bertz CT molecular complexity index is 2680. The van der Waals surface area contributed by atoms with Crippen LogP contribution in [0.15, 0.2) is 76.6 Å². The highest BCUT2D eigenvalue weighted by Gasteiger charge is 2.32. The predicted molar refractivity (Wildman–Crippen MR) is 232 cm³/mol. The number of rotatable bonds is 17. The Kier molecular flexibility index (Phi) is 13.1. The van der Waals surface area contributed by atoms with Gasteiger partial charge in [-0.3, -0.25) is 23.9 Å². The van der Waals surface area contributed by atoms with Crippen molar-refractivity contribution in [2.45, 2.75) is 64.3 Å². The molecule has 5 aromatic rings. The highest BCUT2D eigenvalue weighted by atomic mass is 35.5. The van der Waals surface area contributed by atoms with Crippen molar-refractivity contribution in [3.8, 4) is 11.1 Å². The number of anilines is 1. The van der Waals surface area contributed by atoms with E-state index in [4.69, 9.17) is 26.1 Å². The van der Waals surface area contributed by atoms with Crippen molar-refractivity contribution in [2.75, 3.05) is 37.7 Å². The van der Waals surface area contributed by atoms with Gasteiger partial charge >= 0.3 is 0 Å². The van der Waals surface area contributed by atoms with Gasteiger partial charge in [-0.2, -0.15) is 5.26 Å². The van der Waals surface area contributed by atoms with E-state index in [1.165, 1.54) is 29.1 Å². The van der Waals surface area contributed by atoms with Crippen molar-refractivity contribution >= 4 is 61.6 Å². The molecule has 2 aliphatic rings. The lowest BCUT2D eigenvalue weighted by Gasteiger charge is -2.14. The van der Waals surface area contributed by atoms with Gasteiger partial charge in [-0.1, -0.05) is 41.9 Å². The average Bonchev–Trinajstić information content (AvgIpc) is 3.91. The first kappa shape index (κ1) is 42.6. The highest BCUT2D eigenvalue weighted by molar-refractivity contribution is 7.92. The van der Waals surface area contributed by atoms with Crippen molar-refractivity contribution in [1.82, 2.24) is 20.1 Å². The van der Waals surface area contributed by atoms with E-state index in [2.05, 4.69) is 40.2 Å². The number of ketones is 1. The summed E-state index contributed by atoms with van der Waals surface area (Å²) in [4.78, 5) is 32.5. The number of thiophene rings is 1. The summed E-state index contributed by atoms with van der Waals surface area (Å²) >= 11 is 7.89. The third-order valence-corrected chi connectivity index (χ3v) is 13.3. The number of nitrogens with zero attached hydrogens (tertiary/aromatic N) is 5. The molecule has 310 valence electrons. The zero-order valence-corrected chi connectivity index (χ0v) is 36.1. The Balaban J connectivity index is 0.839.